The maximum Gasteiger partial charge on any atom is 0.418 e. The Morgan fingerprint density at radius 3 is 2.80 bits per heavy atom. The Morgan fingerprint density at radius 2 is 2.15 bits per heavy atom. The van der Waals surface area contributed by atoms with E-state index in [2.05, 4.69) is 4.98 Å². The van der Waals surface area contributed by atoms with Crippen molar-refractivity contribution in [3.63, 3.8) is 0 Å². The number of hydrogen-bond donors (Lipinski definition) is 0. The fraction of sp³-hybridized carbons (Fsp3) is 0.643. The third kappa shape index (κ3) is 3.30. The SMILES string of the molecule is CC1CN(Cc2ncccc2C(F)(F)F)C(C)(C)CO1. The molecule has 3 nitrogen and oxygen atoms in total. The Balaban J connectivity index is 2.25. The molecule has 1 aromatic heterocycles. The standard InChI is InChI=1S/C14H19F3N2O/c1-10-7-19(13(2,3)9-20-10)8-12-11(14(15,16)17)5-4-6-18-12/h4-6,10H,7-9H2,1-3H3. The van der Waals surface area contributed by atoms with Gasteiger partial charge in [0.2, 0.25) is 0 Å². The van der Waals surface area contributed by atoms with Crippen LogP contribution in [0, 0.1) is 0 Å². The number of halogens is 3. The largest absolute Gasteiger partial charge is 0.418 e. The van der Waals surface area contributed by atoms with Crippen molar-refractivity contribution in [3.05, 3.63) is 29.6 Å². The van der Waals surface area contributed by atoms with Gasteiger partial charge in [0, 0.05) is 24.8 Å². The van der Waals surface area contributed by atoms with Gasteiger partial charge in [0.1, 0.15) is 0 Å². The van der Waals surface area contributed by atoms with E-state index in [1.165, 1.54) is 12.3 Å². The maximum atomic E-state index is 13.0. The average molecular weight is 288 g/mol. The minimum absolute atomic E-state index is 0.0149. The lowest BCUT2D eigenvalue weighted by atomic mass is 10.00. The van der Waals surface area contributed by atoms with Gasteiger partial charge >= 0.3 is 6.18 Å². The third-order valence-corrected chi connectivity index (χ3v) is 3.59. The molecule has 2 heterocycles. The molecular weight excluding hydrogens is 269 g/mol. The van der Waals surface area contributed by atoms with Crippen LogP contribution in [-0.4, -0.2) is 34.7 Å². The molecule has 1 fully saturated rings. The Labute approximate surface area is 116 Å². The zero-order chi connectivity index (χ0) is 15.0. The van der Waals surface area contributed by atoms with Crippen molar-refractivity contribution in [1.82, 2.24) is 9.88 Å². The number of ether oxygens (including phenoxy) is 1. The second-order valence-corrected chi connectivity index (χ2v) is 5.81. The number of rotatable bonds is 2. The highest BCUT2D eigenvalue weighted by atomic mass is 19.4. The van der Waals surface area contributed by atoms with Gasteiger partial charge in [-0.2, -0.15) is 13.2 Å². The molecule has 0 aromatic carbocycles. The van der Waals surface area contributed by atoms with Crippen LogP contribution in [0.4, 0.5) is 13.2 Å². The number of nitrogens with zero attached hydrogens (tertiary/aromatic N) is 2. The molecule has 1 aliphatic rings. The summed E-state index contributed by atoms with van der Waals surface area (Å²) < 4.78 is 44.5. The van der Waals surface area contributed by atoms with Crippen LogP contribution in [0.3, 0.4) is 0 Å². The first-order valence-corrected chi connectivity index (χ1v) is 6.58. The van der Waals surface area contributed by atoms with Crippen LogP contribution in [0.1, 0.15) is 32.0 Å². The lowest BCUT2D eigenvalue weighted by Crippen LogP contribution is -2.55. The van der Waals surface area contributed by atoms with Crippen LogP contribution in [0.5, 0.6) is 0 Å². The van der Waals surface area contributed by atoms with Gasteiger partial charge in [-0.25, -0.2) is 0 Å². The van der Waals surface area contributed by atoms with E-state index in [0.717, 1.165) is 6.07 Å². The Bertz CT molecular complexity index is 474. The summed E-state index contributed by atoms with van der Waals surface area (Å²) in [7, 11) is 0. The van der Waals surface area contributed by atoms with Crippen LogP contribution in [-0.2, 0) is 17.5 Å². The summed E-state index contributed by atoms with van der Waals surface area (Å²) in [6.07, 6.45) is -2.95. The van der Waals surface area contributed by atoms with Crippen molar-refractivity contribution in [3.8, 4) is 0 Å². The lowest BCUT2D eigenvalue weighted by molar-refractivity contribution is -0.139. The van der Waals surface area contributed by atoms with E-state index in [9.17, 15) is 13.2 Å². The van der Waals surface area contributed by atoms with Crippen LogP contribution in [0.15, 0.2) is 18.3 Å². The summed E-state index contributed by atoms with van der Waals surface area (Å²) in [6.45, 7) is 7.13. The Morgan fingerprint density at radius 1 is 1.45 bits per heavy atom. The van der Waals surface area contributed by atoms with Crippen LogP contribution < -0.4 is 0 Å². The number of pyridine rings is 1. The fourth-order valence-corrected chi connectivity index (χ4v) is 2.33. The van der Waals surface area contributed by atoms with Crippen molar-refractivity contribution in [2.75, 3.05) is 13.2 Å². The highest BCUT2D eigenvalue weighted by Crippen LogP contribution is 2.33. The van der Waals surface area contributed by atoms with Crippen LogP contribution in [0.2, 0.25) is 0 Å². The number of aromatic nitrogens is 1. The maximum absolute atomic E-state index is 13.0. The van der Waals surface area contributed by atoms with Crippen molar-refractivity contribution in [2.45, 2.75) is 45.1 Å². The summed E-state index contributed by atoms with van der Waals surface area (Å²) in [5, 5.41) is 0. The topological polar surface area (TPSA) is 25.4 Å². The number of morpholine rings is 1. The molecular formula is C14H19F3N2O. The summed E-state index contributed by atoms with van der Waals surface area (Å²) in [5.74, 6) is 0. The molecule has 0 bridgehead atoms. The van der Waals surface area contributed by atoms with E-state index < -0.39 is 11.7 Å². The quantitative estimate of drug-likeness (QED) is 0.836. The van der Waals surface area contributed by atoms with Gasteiger partial charge in [-0.1, -0.05) is 0 Å². The molecule has 0 aliphatic carbocycles. The molecule has 1 unspecified atom stereocenters. The fourth-order valence-electron chi connectivity index (χ4n) is 2.33. The normalized spacial score (nSPS) is 23.8. The first-order valence-electron chi connectivity index (χ1n) is 6.58. The first-order chi connectivity index (χ1) is 9.20. The van der Waals surface area contributed by atoms with Gasteiger partial charge in [0.05, 0.1) is 24.0 Å². The first kappa shape index (κ1) is 15.3. The monoisotopic (exact) mass is 288 g/mol. The molecule has 1 atom stereocenters. The molecule has 0 N–H and O–H groups in total. The van der Waals surface area contributed by atoms with Gasteiger partial charge in [-0.15, -0.1) is 0 Å². The van der Waals surface area contributed by atoms with Gasteiger partial charge in [0.25, 0.3) is 0 Å². The average Bonchev–Trinajstić information content (AvgIpc) is 2.34. The minimum atomic E-state index is -4.37. The van der Waals surface area contributed by atoms with Gasteiger partial charge in [0.15, 0.2) is 0 Å². The highest BCUT2D eigenvalue weighted by Gasteiger charge is 2.38. The lowest BCUT2D eigenvalue weighted by Gasteiger charge is -2.44. The molecule has 112 valence electrons. The summed E-state index contributed by atoms with van der Waals surface area (Å²) in [6, 6.07) is 2.40. The number of alkyl halides is 3. The Kier molecular flexibility index (Phi) is 4.07. The van der Waals surface area contributed by atoms with E-state index in [1.54, 1.807) is 0 Å². The van der Waals surface area contributed by atoms with Crippen molar-refractivity contribution in [2.24, 2.45) is 0 Å². The van der Waals surface area contributed by atoms with Crippen LogP contribution >= 0.6 is 0 Å². The van der Waals surface area contributed by atoms with Gasteiger partial charge < -0.3 is 4.74 Å². The van der Waals surface area contributed by atoms with E-state index >= 15 is 0 Å². The summed E-state index contributed by atoms with van der Waals surface area (Å²) in [4.78, 5) is 5.93. The minimum Gasteiger partial charge on any atom is -0.375 e. The summed E-state index contributed by atoms with van der Waals surface area (Å²) in [5.41, 5.74) is -0.885. The van der Waals surface area contributed by atoms with E-state index in [4.69, 9.17) is 4.74 Å². The molecule has 1 aliphatic heterocycles. The highest BCUT2D eigenvalue weighted by molar-refractivity contribution is 5.23. The van der Waals surface area contributed by atoms with Crippen molar-refractivity contribution < 1.29 is 17.9 Å². The van der Waals surface area contributed by atoms with Crippen molar-refractivity contribution in [1.29, 1.82) is 0 Å². The second kappa shape index (κ2) is 5.33. The van der Waals surface area contributed by atoms with Crippen LogP contribution in [0.25, 0.3) is 0 Å². The predicted octanol–water partition coefficient (Wildman–Crippen LogP) is 3.10. The second-order valence-electron chi connectivity index (χ2n) is 5.81. The molecule has 0 saturated carbocycles. The third-order valence-electron chi connectivity index (χ3n) is 3.59. The smallest absolute Gasteiger partial charge is 0.375 e. The summed E-state index contributed by atoms with van der Waals surface area (Å²) >= 11 is 0. The molecule has 0 spiro atoms. The molecule has 0 radical (unpaired) electrons. The molecule has 1 saturated heterocycles. The zero-order valence-electron chi connectivity index (χ0n) is 11.9. The molecule has 1 aromatic rings. The van der Waals surface area contributed by atoms with Gasteiger partial charge in [-0.3, -0.25) is 9.88 Å². The molecule has 0 amide bonds. The molecule has 20 heavy (non-hydrogen) atoms. The number of hydrogen-bond acceptors (Lipinski definition) is 3. The molecule has 6 heteroatoms. The molecule has 2 rings (SSSR count). The van der Waals surface area contributed by atoms with E-state index in [0.29, 0.717) is 13.2 Å². The Hall–Kier alpha value is -1.14. The zero-order valence-corrected chi connectivity index (χ0v) is 11.9. The van der Waals surface area contributed by atoms with Gasteiger partial charge in [-0.05, 0) is 32.9 Å². The van der Waals surface area contributed by atoms with Crippen molar-refractivity contribution >= 4 is 0 Å². The van der Waals surface area contributed by atoms with E-state index in [1.807, 2.05) is 25.7 Å². The predicted molar refractivity (Wildman–Crippen MR) is 69.1 cm³/mol. The van der Waals surface area contributed by atoms with E-state index in [-0.39, 0.29) is 23.9 Å².